The van der Waals surface area contributed by atoms with Gasteiger partial charge in [0.05, 0.1) is 4.90 Å². The summed E-state index contributed by atoms with van der Waals surface area (Å²) in [5.74, 6) is -0.815. The minimum absolute atomic E-state index is 0.0191. The average molecular weight is 219 g/mol. The van der Waals surface area contributed by atoms with Gasteiger partial charge in [0.15, 0.2) is 0 Å². The summed E-state index contributed by atoms with van der Waals surface area (Å²) in [6, 6.07) is 2.18. The lowest BCUT2D eigenvalue weighted by Crippen LogP contribution is -1.94. The molecule has 0 heterocycles. The molecule has 0 spiro atoms. The van der Waals surface area contributed by atoms with E-state index >= 15 is 0 Å². The van der Waals surface area contributed by atoms with Crippen LogP contribution in [-0.2, 0) is 0 Å². The first-order chi connectivity index (χ1) is 6.65. The molecule has 0 amide bonds. The molecule has 3 N–H and O–H groups in total. The molecule has 1 aromatic rings. The SMILES string of the molecule is Nc1cc(F)c(SCCCO)c(F)c1. The third kappa shape index (κ3) is 2.85. The van der Waals surface area contributed by atoms with E-state index in [0.717, 1.165) is 23.9 Å². The molecule has 5 heteroatoms. The van der Waals surface area contributed by atoms with E-state index in [1.165, 1.54) is 0 Å². The highest BCUT2D eigenvalue weighted by Crippen LogP contribution is 2.27. The van der Waals surface area contributed by atoms with Gasteiger partial charge < -0.3 is 10.8 Å². The molecule has 0 unspecified atom stereocenters. The van der Waals surface area contributed by atoms with Crippen molar-refractivity contribution in [1.82, 2.24) is 0 Å². The van der Waals surface area contributed by atoms with E-state index in [9.17, 15) is 8.78 Å². The average Bonchev–Trinajstić information content (AvgIpc) is 2.09. The molecule has 1 aromatic carbocycles. The lowest BCUT2D eigenvalue weighted by molar-refractivity contribution is 0.296. The standard InChI is InChI=1S/C9H11F2NOS/c10-7-4-6(12)5-8(11)9(7)14-3-1-2-13/h4-5,13H,1-3,12H2. The fourth-order valence-electron chi connectivity index (χ4n) is 0.956. The Morgan fingerprint density at radius 1 is 1.29 bits per heavy atom. The van der Waals surface area contributed by atoms with Gasteiger partial charge in [-0.3, -0.25) is 0 Å². The number of rotatable bonds is 4. The van der Waals surface area contributed by atoms with Gasteiger partial charge in [0, 0.05) is 18.0 Å². The van der Waals surface area contributed by atoms with E-state index in [0.29, 0.717) is 12.2 Å². The van der Waals surface area contributed by atoms with E-state index in [4.69, 9.17) is 10.8 Å². The van der Waals surface area contributed by atoms with Gasteiger partial charge in [-0.05, 0) is 18.6 Å². The fourth-order valence-corrected chi connectivity index (χ4v) is 1.83. The summed E-state index contributed by atoms with van der Waals surface area (Å²) in [6.07, 6.45) is 0.508. The number of thioether (sulfide) groups is 1. The number of halogens is 2. The summed E-state index contributed by atoms with van der Waals surface area (Å²) in [5, 5.41) is 8.51. The topological polar surface area (TPSA) is 46.2 Å². The minimum Gasteiger partial charge on any atom is -0.399 e. The zero-order valence-electron chi connectivity index (χ0n) is 7.46. The lowest BCUT2D eigenvalue weighted by Gasteiger charge is -2.04. The summed E-state index contributed by atoms with van der Waals surface area (Å²) in [5.41, 5.74) is 5.33. The molecular formula is C9H11F2NOS. The van der Waals surface area contributed by atoms with Crippen LogP contribution in [-0.4, -0.2) is 17.5 Å². The highest BCUT2D eigenvalue weighted by Gasteiger charge is 2.10. The molecule has 0 radical (unpaired) electrons. The van der Waals surface area contributed by atoms with E-state index in [1.807, 2.05) is 0 Å². The summed E-state index contributed by atoms with van der Waals surface area (Å²) < 4.78 is 26.3. The molecule has 0 aliphatic heterocycles. The van der Waals surface area contributed by atoms with Crippen molar-refractivity contribution in [3.8, 4) is 0 Å². The van der Waals surface area contributed by atoms with Gasteiger partial charge in [-0.1, -0.05) is 0 Å². The number of aliphatic hydroxyl groups excluding tert-OH is 1. The van der Waals surface area contributed by atoms with Crippen molar-refractivity contribution in [1.29, 1.82) is 0 Å². The van der Waals surface area contributed by atoms with Crippen LogP contribution in [0.4, 0.5) is 14.5 Å². The second kappa shape index (κ2) is 5.17. The Bertz CT molecular complexity index is 297. The van der Waals surface area contributed by atoms with Gasteiger partial charge in [0.2, 0.25) is 0 Å². The first-order valence-electron chi connectivity index (χ1n) is 4.13. The maximum absolute atomic E-state index is 13.1. The van der Waals surface area contributed by atoms with Crippen molar-refractivity contribution < 1.29 is 13.9 Å². The molecular weight excluding hydrogens is 208 g/mol. The maximum Gasteiger partial charge on any atom is 0.141 e. The van der Waals surface area contributed by atoms with Crippen LogP contribution in [0.15, 0.2) is 17.0 Å². The number of hydrogen-bond acceptors (Lipinski definition) is 3. The lowest BCUT2D eigenvalue weighted by atomic mass is 10.3. The second-order valence-electron chi connectivity index (χ2n) is 2.74. The van der Waals surface area contributed by atoms with Crippen LogP contribution < -0.4 is 5.73 Å². The third-order valence-corrected chi connectivity index (χ3v) is 2.74. The number of aliphatic hydroxyl groups is 1. The van der Waals surface area contributed by atoms with E-state index in [2.05, 4.69) is 0 Å². The summed E-state index contributed by atoms with van der Waals surface area (Å²) in [4.78, 5) is -0.0346. The second-order valence-corrected chi connectivity index (χ2v) is 3.84. The van der Waals surface area contributed by atoms with Gasteiger partial charge in [0.25, 0.3) is 0 Å². The Morgan fingerprint density at radius 2 is 1.86 bits per heavy atom. The van der Waals surface area contributed by atoms with Gasteiger partial charge in [-0.2, -0.15) is 0 Å². The predicted molar refractivity (Wildman–Crippen MR) is 53.2 cm³/mol. The van der Waals surface area contributed by atoms with E-state index in [1.54, 1.807) is 0 Å². The van der Waals surface area contributed by atoms with Gasteiger partial charge in [0.1, 0.15) is 11.6 Å². The minimum atomic E-state index is -0.648. The molecule has 0 aliphatic carbocycles. The van der Waals surface area contributed by atoms with Crippen molar-refractivity contribution in [2.75, 3.05) is 18.1 Å². The molecule has 0 bridgehead atoms. The van der Waals surface area contributed by atoms with E-state index < -0.39 is 11.6 Å². The quantitative estimate of drug-likeness (QED) is 0.462. The zero-order valence-corrected chi connectivity index (χ0v) is 8.28. The molecule has 14 heavy (non-hydrogen) atoms. The summed E-state index contributed by atoms with van der Waals surface area (Å²) >= 11 is 1.04. The van der Waals surface area contributed by atoms with Crippen LogP contribution in [0.1, 0.15) is 6.42 Å². The van der Waals surface area contributed by atoms with Gasteiger partial charge in [-0.15, -0.1) is 11.8 Å². The zero-order chi connectivity index (χ0) is 10.6. The van der Waals surface area contributed by atoms with Crippen LogP contribution in [0.2, 0.25) is 0 Å². The molecule has 0 saturated carbocycles. The third-order valence-electron chi connectivity index (χ3n) is 1.57. The Labute approximate surface area is 85.1 Å². The van der Waals surface area contributed by atoms with Crippen molar-refractivity contribution in [2.45, 2.75) is 11.3 Å². The molecule has 2 nitrogen and oxygen atoms in total. The molecule has 0 saturated heterocycles. The number of hydrogen-bond donors (Lipinski definition) is 2. The molecule has 0 atom stereocenters. The van der Waals surface area contributed by atoms with Crippen LogP contribution in [0.3, 0.4) is 0 Å². The molecule has 0 fully saturated rings. The monoisotopic (exact) mass is 219 g/mol. The highest BCUT2D eigenvalue weighted by atomic mass is 32.2. The Kier molecular flexibility index (Phi) is 4.16. The molecule has 1 rings (SSSR count). The molecule has 0 aromatic heterocycles. The van der Waals surface area contributed by atoms with Crippen molar-refractivity contribution >= 4 is 17.4 Å². The number of nitrogens with two attached hydrogens (primary N) is 1. The number of anilines is 1. The van der Waals surface area contributed by atoms with Gasteiger partial charge in [-0.25, -0.2) is 8.78 Å². The van der Waals surface area contributed by atoms with E-state index in [-0.39, 0.29) is 17.2 Å². The van der Waals surface area contributed by atoms with Crippen LogP contribution >= 0.6 is 11.8 Å². The van der Waals surface area contributed by atoms with Crippen LogP contribution in [0.5, 0.6) is 0 Å². The number of nitrogen functional groups attached to an aromatic ring is 1. The largest absolute Gasteiger partial charge is 0.399 e. The smallest absolute Gasteiger partial charge is 0.141 e. The fraction of sp³-hybridized carbons (Fsp3) is 0.333. The highest BCUT2D eigenvalue weighted by molar-refractivity contribution is 7.99. The van der Waals surface area contributed by atoms with Crippen LogP contribution in [0, 0.1) is 11.6 Å². The van der Waals surface area contributed by atoms with Crippen molar-refractivity contribution in [3.05, 3.63) is 23.8 Å². The van der Waals surface area contributed by atoms with Crippen molar-refractivity contribution in [3.63, 3.8) is 0 Å². The van der Waals surface area contributed by atoms with Crippen LogP contribution in [0.25, 0.3) is 0 Å². The summed E-state index contributed by atoms with van der Waals surface area (Å²) in [6.45, 7) is 0.0191. The molecule has 0 aliphatic rings. The Morgan fingerprint density at radius 3 is 2.36 bits per heavy atom. The molecule has 78 valence electrons. The summed E-state index contributed by atoms with van der Waals surface area (Å²) in [7, 11) is 0. The van der Waals surface area contributed by atoms with Crippen molar-refractivity contribution in [2.24, 2.45) is 0 Å². The Hall–Kier alpha value is -0.810. The maximum atomic E-state index is 13.1. The normalized spacial score (nSPS) is 10.5. The number of benzene rings is 1. The predicted octanol–water partition coefficient (Wildman–Crippen LogP) is 2.02. The first kappa shape index (κ1) is 11.3. The van der Waals surface area contributed by atoms with Gasteiger partial charge >= 0.3 is 0 Å². The Balaban J connectivity index is 2.75. The first-order valence-corrected chi connectivity index (χ1v) is 5.12.